The van der Waals surface area contributed by atoms with Crippen LogP contribution in [0.15, 0.2) is 42.1 Å². The predicted octanol–water partition coefficient (Wildman–Crippen LogP) is 3.38. The van der Waals surface area contributed by atoms with Gasteiger partial charge in [0.2, 0.25) is 0 Å². The van der Waals surface area contributed by atoms with Crippen molar-refractivity contribution in [2.45, 2.75) is 38.6 Å². The molecule has 0 saturated carbocycles. The highest BCUT2D eigenvalue weighted by atomic mass is 15.4. The number of hydrogen-bond donors (Lipinski definition) is 1. The van der Waals surface area contributed by atoms with Crippen molar-refractivity contribution in [1.29, 1.82) is 0 Å². The highest BCUT2D eigenvalue weighted by molar-refractivity contribution is 5.23. The minimum atomic E-state index is 0.365. The van der Waals surface area contributed by atoms with E-state index in [4.69, 9.17) is 5.84 Å². The van der Waals surface area contributed by atoms with E-state index in [0.29, 0.717) is 6.04 Å². The van der Waals surface area contributed by atoms with Crippen molar-refractivity contribution < 1.29 is 0 Å². The summed E-state index contributed by atoms with van der Waals surface area (Å²) in [7, 11) is 0. The molecule has 1 atom stereocenters. The summed E-state index contributed by atoms with van der Waals surface area (Å²) < 4.78 is 0. The number of hydrogen-bond acceptors (Lipinski definition) is 2. The molecule has 1 saturated heterocycles. The molecule has 0 aromatic heterocycles. The molecule has 86 valence electrons. The Morgan fingerprint density at radius 1 is 1.38 bits per heavy atom. The maximum atomic E-state index is 6.16. The topological polar surface area (TPSA) is 29.3 Å². The summed E-state index contributed by atoms with van der Waals surface area (Å²) in [6.45, 7) is 2.20. The normalized spacial score (nSPS) is 23.0. The lowest BCUT2D eigenvalue weighted by Crippen LogP contribution is -2.28. The summed E-state index contributed by atoms with van der Waals surface area (Å²) in [4.78, 5) is 0. The maximum absolute atomic E-state index is 6.16. The molecule has 2 N–H and O–H groups in total. The maximum Gasteiger partial charge on any atom is 0.0701 e. The number of nitrogens with zero attached hydrogens (tertiary/aromatic N) is 1. The Morgan fingerprint density at radius 2 is 2.12 bits per heavy atom. The van der Waals surface area contributed by atoms with Crippen LogP contribution in [0.4, 0.5) is 0 Å². The molecule has 0 amide bonds. The Bertz CT molecular complexity index is 356. The molecule has 1 aromatic rings. The molecule has 0 aliphatic carbocycles. The zero-order valence-electron chi connectivity index (χ0n) is 9.89. The third kappa shape index (κ3) is 2.27. The monoisotopic (exact) mass is 216 g/mol. The van der Waals surface area contributed by atoms with Gasteiger partial charge < -0.3 is 5.01 Å². The molecule has 1 aliphatic heterocycles. The Hall–Kier alpha value is -1.28. The van der Waals surface area contributed by atoms with Crippen LogP contribution in [0.2, 0.25) is 0 Å². The standard InChI is InChI=1S/C14H20N2/c1-2-3-9-13-10-11-14(16(13)15)12-7-5-4-6-8-12/h4-9,14H,2-3,10-11,15H2,1H3/b13-9-. The van der Waals surface area contributed by atoms with Crippen LogP contribution in [0.1, 0.15) is 44.2 Å². The Morgan fingerprint density at radius 3 is 2.81 bits per heavy atom. The zero-order chi connectivity index (χ0) is 11.4. The van der Waals surface area contributed by atoms with Gasteiger partial charge in [-0.1, -0.05) is 49.8 Å². The molecule has 0 bridgehead atoms. The number of hydrazine groups is 1. The molecular formula is C14H20N2. The van der Waals surface area contributed by atoms with E-state index in [2.05, 4.69) is 37.3 Å². The van der Waals surface area contributed by atoms with Crippen molar-refractivity contribution >= 4 is 0 Å². The second kappa shape index (κ2) is 5.17. The van der Waals surface area contributed by atoms with Gasteiger partial charge in [-0.2, -0.15) is 0 Å². The molecule has 2 nitrogen and oxygen atoms in total. The summed E-state index contributed by atoms with van der Waals surface area (Å²) in [6.07, 6.45) is 6.84. The third-order valence-corrected chi connectivity index (χ3v) is 3.19. The van der Waals surface area contributed by atoms with Gasteiger partial charge in [0.15, 0.2) is 0 Å². The first-order valence-corrected chi connectivity index (χ1v) is 6.11. The van der Waals surface area contributed by atoms with Crippen molar-refractivity contribution in [3.63, 3.8) is 0 Å². The number of rotatable bonds is 3. The van der Waals surface area contributed by atoms with Crippen molar-refractivity contribution in [2.24, 2.45) is 5.84 Å². The highest BCUT2D eigenvalue weighted by Crippen LogP contribution is 2.35. The molecule has 1 unspecified atom stereocenters. The average molecular weight is 216 g/mol. The summed E-state index contributed by atoms with van der Waals surface area (Å²) >= 11 is 0. The fourth-order valence-electron chi connectivity index (χ4n) is 2.27. The largest absolute Gasteiger partial charge is 0.308 e. The number of allylic oxidation sites excluding steroid dienone is 2. The predicted molar refractivity (Wildman–Crippen MR) is 67.4 cm³/mol. The Labute approximate surface area is 97.7 Å². The van der Waals surface area contributed by atoms with Crippen LogP contribution >= 0.6 is 0 Å². The van der Waals surface area contributed by atoms with E-state index >= 15 is 0 Å². The van der Waals surface area contributed by atoms with Crippen LogP contribution < -0.4 is 5.84 Å². The van der Waals surface area contributed by atoms with Crippen LogP contribution in [0.25, 0.3) is 0 Å². The van der Waals surface area contributed by atoms with Crippen LogP contribution in [0, 0.1) is 0 Å². The lowest BCUT2D eigenvalue weighted by atomic mass is 10.1. The first-order chi connectivity index (χ1) is 7.83. The van der Waals surface area contributed by atoms with Gasteiger partial charge in [0, 0.05) is 5.70 Å². The van der Waals surface area contributed by atoms with E-state index in [1.165, 1.54) is 17.7 Å². The Kier molecular flexibility index (Phi) is 3.62. The highest BCUT2D eigenvalue weighted by Gasteiger charge is 2.26. The van der Waals surface area contributed by atoms with Crippen LogP contribution in [-0.4, -0.2) is 5.01 Å². The molecule has 0 spiro atoms. The summed E-state index contributed by atoms with van der Waals surface area (Å²) in [5.41, 5.74) is 2.63. The average Bonchev–Trinajstić information content (AvgIpc) is 2.69. The zero-order valence-corrected chi connectivity index (χ0v) is 9.89. The van der Waals surface area contributed by atoms with Gasteiger partial charge in [-0.15, -0.1) is 0 Å². The smallest absolute Gasteiger partial charge is 0.0701 e. The van der Waals surface area contributed by atoms with Gasteiger partial charge in [0.05, 0.1) is 6.04 Å². The van der Waals surface area contributed by atoms with Gasteiger partial charge in [-0.25, -0.2) is 5.84 Å². The Balaban J connectivity index is 2.10. The second-order valence-electron chi connectivity index (χ2n) is 4.36. The fraction of sp³-hybridized carbons (Fsp3) is 0.429. The summed E-state index contributed by atoms with van der Waals surface area (Å²) in [6, 6.07) is 10.9. The minimum Gasteiger partial charge on any atom is -0.308 e. The SMILES string of the molecule is CCC/C=C1/CCC(c2ccccc2)N1N. The quantitative estimate of drug-likeness (QED) is 0.785. The number of nitrogens with two attached hydrogens (primary N) is 1. The summed E-state index contributed by atoms with van der Waals surface area (Å²) in [5, 5.41) is 1.95. The van der Waals surface area contributed by atoms with Gasteiger partial charge in [-0.05, 0) is 24.8 Å². The van der Waals surface area contributed by atoms with Gasteiger partial charge in [0.25, 0.3) is 0 Å². The lowest BCUT2D eigenvalue weighted by Gasteiger charge is -2.22. The van der Waals surface area contributed by atoms with Gasteiger partial charge in [0.1, 0.15) is 0 Å². The molecule has 1 fully saturated rings. The molecule has 1 aromatic carbocycles. The number of unbranched alkanes of at least 4 members (excludes halogenated alkanes) is 1. The molecule has 2 heteroatoms. The lowest BCUT2D eigenvalue weighted by molar-refractivity contribution is 0.308. The van der Waals surface area contributed by atoms with E-state index in [9.17, 15) is 0 Å². The van der Waals surface area contributed by atoms with Gasteiger partial charge in [-0.3, -0.25) is 0 Å². The molecular weight excluding hydrogens is 196 g/mol. The first kappa shape index (κ1) is 11.2. The second-order valence-corrected chi connectivity index (χ2v) is 4.36. The van der Waals surface area contributed by atoms with E-state index in [1.54, 1.807) is 0 Å². The fourth-order valence-corrected chi connectivity index (χ4v) is 2.27. The first-order valence-electron chi connectivity index (χ1n) is 6.11. The molecule has 1 heterocycles. The molecule has 1 aliphatic rings. The van der Waals surface area contributed by atoms with Crippen molar-refractivity contribution in [3.8, 4) is 0 Å². The van der Waals surface area contributed by atoms with E-state index in [0.717, 1.165) is 19.3 Å². The molecule has 2 rings (SSSR count). The van der Waals surface area contributed by atoms with E-state index in [1.807, 2.05) is 11.1 Å². The third-order valence-electron chi connectivity index (χ3n) is 3.19. The van der Waals surface area contributed by atoms with Crippen LogP contribution in [0.3, 0.4) is 0 Å². The molecule has 0 radical (unpaired) electrons. The minimum absolute atomic E-state index is 0.365. The van der Waals surface area contributed by atoms with E-state index in [-0.39, 0.29) is 0 Å². The van der Waals surface area contributed by atoms with Crippen molar-refractivity contribution in [1.82, 2.24) is 5.01 Å². The summed E-state index contributed by atoms with van der Waals surface area (Å²) in [5.74, 6) is 6.16. The van der Waals surface area contributed by atoms with Crippen molar-refractivity contribution in [2.75, 3.05) is 0 Å². The van der Waals surface area contributed by atoms with Crippen LogP contribution in [0.5, 0.6) is 0 Å². The van der Waals surface area contributed by atoms with Gasteiger partial charge >= 0.3 is 0 Å². The number of benzene rings is 1. The van der Waals surface area contributed by atoms with Crippen molar-refractivity contribution in [3.05, 3.63) is 47.7 Å². The van der Waals surface area contributed by atoms with Crippen LogP contribution in [-0.2, 0) is 0 Å². The molecule has 16 heavy (non-hydrogen) atoms. The van der Waals surface area contributed by atoms with E-state index < -0.39 is 0 Å².